The molecule has 2 heterocycles. The normalized spacial score (nSPS) is 15.0. The molecule has 0 unspecified atom stereocenters. The molecule has 1 saturated heterocycles. The number of halogens is 1. The lowest BCUT2D eigenvalue weighted by Gasteiger charge is -2.22. The lowest BCUT2D eigenvalue weighted by molar-refractivity contribution is -0.115. The molecule has 1 aromatic heterocycles. The van der Waals surface area contributed by atoms with E-state index in [0.29, 0.717) is 11.4 Å². The summed E-state index contributed by atoms with van der Waals surface area (Å²) in [5.74, 6) is -0.137. The predicted molar refractivity (Wildman–Crippen MR) is 93.7 cm³/mol. The summed E-state index contributed by atoms with van der Waals surface area (Å²) in [5.41, 5.74) is 1.47. The minimum Gasteiger partial charge on any atom is -0.370 e. The van der Waals surface area contributed by atoms with Gasteiger partial charge in [-0.3, -0.25) is 4.79 Å². The number of rotatable bonds is 4. The summed E-state index contributed by atoms with van der Waals surface area (Å²) >= 11 is 0. The van der Waals surface area contributed by atoms with E-state index in [4.69, 9.17) is 0 Å². The Kier molecular flexibility index (Phi) is 5.41. The second kappa shape index (κ2) is 7.90. The van der Waals surface area contributed by atoms with Crippen molar-refractivity contribution in [1.82, 2.24) is 4.98 Å². The first kappa shape index (κ1) is 16.4. The standard InChI is InChI=1S/C19H22FN3O/c20-17-8-4-3-7-15(17)13-19(24)22-18-10-9-16(14-21-18)23-11-5-1-2-6-12-23/h3-4,7-10,14H,1-2,5-6,11-13H2,(H,21,22,24). The van der Waals surface area contributed by atoms with Gasteiger partial charge < -0.3 is 10.2 Å². The average molecular weight is 327 g/mol. The van der Waals surface area contributed by atoms with Crippen LogP contribution in [0.25, 0.3) is 0 Å². The molecule has 3 rings (SSSR count). The van der Waals surface area contributed by atoms with Crippen molar-refractivity contribution >= 4 is 17.4 Å². The van der Waals surface area contributed by atoms with Crippen molar-refractivity contribution in [3.63, 3.8) is 0 Å². The average Bonchev–Trinajstić information content (AvgIpc) is 2.87. The molecule has 0 atom stereocenters. The van der Waals surface area contributed by atoms with Crippen LogP contribution in [-0.4, -0.2) is 24.0 Å². The van der Waals surface area contributed by atoms with Gasteiger partial charge in [-0.05, 0) is 36.6 Å². The quantitative estimate of drug-likeness (QED) is 0.929. The number of benzene rings is 1. The number of nitrogens with zero attached hydrogens (tertiary/aromatic N) is 2. The molecule has 126 valence electrons. The maximum Gasteiger partial charge on any atom is 0.230 e. The van der Waals surface area contributed by atoms with Gasteiger partial charge >= 0.3 is 0 Å². The molecule has 2 aromatic rings. The van der Waals surface area contributed by atoms with Crippen LogP contribution >= 0.6 is 0 Å². The third-order valence-corrected chi connectivity index (χ3v) is 4.30. The van der Waals surface area contributed by atoms with Crippen LogP contribution in [0.2, 0.25) is 0 Å². The minimum atomic E-state index is -0.364. The van der Waals surface area contributed by atoms with Crippen LogP contribution < -0.4 is 10.2 Å². The first-order valence-electron chi connectivity index (χ1n) is 8.46. The molecule has 5 heteroatoms. The number of anilines is 2. The highest BCUT2D eigenvalue weighted by molar-refractivity contribution is 5.91. The van der Waals surface area contributed by atoms with Gasteiger partial charge in [0.15, 0.2) is 0 Å². The molecular weight excluding hydrogens is 305 g/mol. The van der Waals surface area contributed by atoms with E-state index >= 15 is 0 Å². The Morgan fingerprint density at radius 1 is 1.08 bits per heavy atom. The molecule has 0 radical (unpaired) electrons. The van der Waals surface area contributed by atoms with E-state index in [-0.39, 0.29) is 18.1 Å². The summed E-state index contributed by atoms with van der Waals surface area (Å²) < 4.78 is 13.6. The van der Waals surface area contributed by atoms with Crippen LogP contribution in [0, 0.1) is 5.82 Å². The molecule has 1 fully saturated rings. The third kappa shape index (κ3) is 4.31. The van der Waals surface area contributed by atoms with Crippen LogP contribution in [-0.2, 0) is 11.2 Å². The van der Waals surface area contributed by atoms with Crippen LogP contribution in [0.4, 0.5) is 15.9 Å². The monoisotopic (exact) mass is 327 g/mol. The van der Waals surface area contributed by atoms with Gasteiger partial charge in [0, 0.05) is 13.1 Å². The number of pyridine rings is 1. The van der Waals surface area contributed by atoms with E-state index in [9.17, 15) is 9.18 Å². The molecule has 24 heavy (non-hydrogen) atoms. The minimum absolute atomic E-state index is 0.00221. The highest BCUT2D eigenvalue weighted by Crippen LogP contribution is 2.20. The first-order valence-corrected chi connectivity index (χ1v) is 8.46. The second-order valence-electron chi connectivity index (χ2n) is 6.12. The van der Waals surface area contributed by atoms with Crippen LogP contribution in [0.1, 0.15) is 31.2 Å². The van der Waals surface area contributed by atoms with E-state index in [1.165, 1.54) is 31.7 Å². The molecule has 1 amide bonds. The summed E-state index contributed by atoms with van der Waals surface area (Å²) in [7, 11) is 0. The second-order valence-corrected chi connectivity index (χ2v) is 6.12. The lowest BCUT2D eigenvalue weighted by atomic mass is 10.1. The fourth-order valence-corrected chi connectivity index (χ4v) is 2.98. The van der Waals surface area contributed by atoms with E-state index < -0.39 is 0 Å². The Labute approximate surface area is 141 Å². The number of amides is 1. The Hall–Kier alpha value is -2.43. The smallest absolute Gasteiger partial charge is 0.230 e. The van der Waals surface area contributed by atoms with Gasteiger partial charge in [0.05, 0.1) is 18.3 Å². The largest absolute Gasteiger partial charge is 0.370 e. The lowest BCUT2D eigenvalue weighted by Crippen LogP contribution is -2.24. The van der Waals surface area contributed by atoms with Gasteiger partial charge in [-0.2, -0.15) is 0 Å². The molecule has 0 bridgehead atoms. The molecule has 4 nitrogen and oxygen atoms in total. The van der Waals surface area contributed by atoms with Crippen LogP contribution in [0.15, 0.2) is 42.6 Å². The van der Waals surface area contributed by atoms with Crippen molar-refractivity contribution in [3.05, 3.63) is 54.0 Å². The van der Waals surface area contributed by atoms with Gasteiger partial charge in [-0.25, -0.2) is 9.37 Å². The van der Waals surface area contributed by atoms with Crippen molar-refractivity contribution in [3.8, 4) is 0 Å². The topological polar surface area (TPSA) is 45.2 Å². The highest BCUT2D eigenvalue weighted by atomic mass is 19.1. The van der Waals surface area contributed by atoms with E-state index in [0.717, 1.165) is 18.8 Å². The number of hydrogen-bond acceptors (Lipinski definition) is 3. The Bertz CT molecular complexity index is 679. The van der Waals surface area contributed by atoms with Crippen molar-refractivity contribution in [2.45, 2.75) is 32.1 Å². The summed E-state index contributed by atoms with van der Waals surface area (Å²) in [6.07, 6.45) is 6.79. The number of nitrogens with one attached hydrogen (secondary N) is 1. The summed E-state index contributed by atoms with van der Waals surface area (Å²) in [6, 6.07) is 10.1. The maximum absolute atomic E-state index is 13.6. The zero-order valence-corrected chi connectivity index (χ0v) is 13.7. The van der Waals surface area contributed by atoms with Crippen molar-refractivity contribution in [1.29, 1.82) is 0 Å². The molecule has 1 aliphatic heterocycles. The van der Waals surface area contributed by atoms with Gasteiger partial charge in [-0.15, -0.1) is 0 Å². The Morgan fingerprint density at radius 2 is 1.83 bits per heavy atom. The molecule has 1 N–H and O–H groups in total. The van der Waals surface area contributed by atoms with E-state index in [1.54, 1.807) is 30.5 Å². The number of carbonyl (C=O) groups excluding carboxylic acids is 1. The van der Waals surface area contributed by atoms with Crippen LogP contribution in [0.5, 0.6) is 0 Å². The fraction of sp³-hybridized carbons (Fsp3) is 0.368. The Morgan fingerprint density at radius 3 is 2.50 bits per heavy atom. The zero-order valence-electron chi connectivity index (χ0n) is 13.7. The Balaban J connectivity index is 1.59. The van der Waals surface area contributed by atoms with Gasteiger partial charge in [0.2, 0.25) is 5.91 Å². The SMILES string of the molecule is O=C(Cc1ccccc1F)Nc1ccc(N2CCCCCC2)cn1. The number of carbonyl (C=O) groups is 1. The van der Waals surface area contributed by atoms with Gasteiger partial charge in [-0.1, -0.05) is 31.0 Å². The molecule has 1 aliphatic rings. The highest BCUT2D eigenvalue weighted by Gasteiger charge is 2.11. The number of aromatic nitrogens is 1. The molecule has 0 spiro atoms. The zero-order chi connectivity index (χ0) is 16.8. The van der Waals surface area contributed by atoms with Gasteiger partial charge in [0.1, 0.15) is 11.6 Å². The molecular formula is C19H22FN3O. The van der Waals surface area contributed by atoms with E-state index in [1.807, 2.05) is 6.07 Å². The summed E-state index contributed by atoms with van der Waals surface area (Å²) in [6.45, 7) is 2.11. The van der Waals surface area contributed by atoms with Crippen molar-refractivity contribution in [2.75, 3.05) is 23.3 Å². The fourth-order valence-electron chi connectivity index (χ4n) is 2.98. The first-order chi connectivity index (χ1) is 11.7. The maximum atomic E-state index is 13.6. The number of hydrogen-bond donors (Lipinski definition) is 1. The predicted octanol–water partition coefficient (Wildman–Crippen LogP) is 3.78. The molecule has 0 aliphatic carbocycles. The third-order valence-electron chi connectivity index (χ3n) is 4.30. The summed E-state index contributed by atoms with van der Waals surface area (Å²) in [4.78, 5) is 18.7. The van der Waals surface area contributed by atoms with Crippen molar-refractivity contribution in [2.24, 2.45) is 0 Å². The van der Waals surface area contributed by atoms with Crippen LogP contribution in [0.3, 0.4) is 0 Å². The molecule has 1 aromatic carbocycles. The van der Waals surface area contributed by atoms with Crippen molar-refractivity contribution < 1.29 is 9.18 Å². The van der Waals surface area contributed by atoms with Gasteiger partial charge in [0.25, 0.3) is 0 Å². The summed E-state index contributed by atoms with van der Waals surface area (Å²) in [5, 5.41) is 2.72. The molecule has 0 saturated carbocycles. The van der Waals surface area contributed by atoms with E-state index in [2.05, 4.69) is 15.2 Å².